The van der Waals surface area contributed by atoms with Crippen LogP contribution in [-0.2, 0) is 0 Å². The van der Waals surface area contributed by atoms with Crippen molar-refractivity contribution >= 4 is 22.3 Å². The van der Waals surface area contributed by atoms with Gasteiger partial charge in [0, 0.05) is 17.4 Å². The molecule has 0 fully saturated rings. The SMILES string of the molecule is COc1ccc(-c2c(C)oc3cc(Nc4cc(C)cc(C)c4)ccc3c2=O)cc1. The molecule has 1 heterocycles. The Morgan fingerprint density at radius 1 is 0.828 bits per heavy atom. The van der Waals surface area contributed by atoms with Gasteiger partial charge in [-0.1, -0.05) is 18.2 Å². The average Bonchev–Trinajstić information content (AvgIpc) is 2.67. The van der Waals surface area contributed by atoms with Gasteiger partial charge in [0.15, 0.2) is 0 Å². The first kappa shape index (κ1) is 18.8. The van der Waals surface area contributed by atoms with Crippen LogP contribution in [0.15, 0.2) is 69.9 Å². The summed E-state index contributed by atoms with van der Waals surface area (Å²) in [7, 11) is 1.62. The summed E-state index contributed by atoms with van der Waals surface area (Å²) in [5.74, 6) is 1.34. The van der Waals surface area contributed by atoms with Crippen LogP contribution in [0, 0.1) is 20.8 Å². The van der Waals surface area contributed by atoms with Crippen molar-refractivity contribution in [2.45, 2.75) is 20.8 Å². The highest BCUT2D eigenvalue weighted by atomic mass is 16.5. The standard InChI is InChI=1S/C25H23NO3/c1-15-11-16(2)13-20(12-15)26-19-7-10-22-23(14-19)29-17(3)24(25(22)27)18-5-8-21(28-4)9-6-18/h5-14,26H,1-4H3. The second kappa shape index (κ2) is 7.47. The maximum Gasteiger partial charge on any atom is 0.200 e. The molecule has 1 N–H and O–H groups in total. The minimum Gasteiger partial charge on any atom is -0.497 e. The lowest BCUT2D eigenvalue weighted by Crippen LogP contribution is -2.07. The minimum atomic E-state index is -0.0353. The maximum absolute atomic E-state index is 13.2. The normalized spacial score (nSPS) is 10.9. The third-order valence-electron chi connectivity index (χ3n) is 4.96. The van der Waals surface area contributed by atoms with E-state index >= 15 is 0 Å². The molecule has 0 atom stereocenters. The molecule has 146 valence electrons. The monoisotopic (exact) mass is 385 g/mol. The number of hydrogen-bond acceptors (Lipinski definition) is 4. The van der Waals surface area contributed by atoms with Crippen LogP contribution >= 0.6 is 0 Å². The average molecular weight is 385 g/mol. The molecule has 0 bridgehead atoms. The first-order valence-electron chi connectivity index (χ1n) is 9.52. The molecule has 0 aliphatic carbocycles. The number of benzene rings is 3. The van der Waals surface area contributed by atoms with Crippen molar-refractivity contribution in [3.05, 3.63) is 87.8 Å². The molecule has 0 unspecified atom stereocenters. The van der Waals surface area contributed by atoms with Crippen molar-refractivity contribution in [2.24, 2.45) is 0 Å². The molecule has 0 spiro atoms. The van der Waals surface area contributed by atoms with E-state index in [0.717, 1.165) is 22.7 Å². The lowest BCUT2D eigenvalue weighted by Gasteiger charge is -2.11. The molecule has 0 aliphatic heterocycles. The van der Waals surface area contributed by atoms with Crippen LogP contribution in [0.2, 0.25) is 0 Å². The van der Waals surface area contributed by atoms with Gasteiger partial charge in [-0.2, -0.15) is 0 Å². The second-order valence-electron chi connectivity index (χ2n) is 7.30. The van der Waals surface area contributed by atoms with Crippen LogP contribution in [0.5, 0.6) is 5.75 Å². The zero-order valence-electron chi connectivity index (χ0n) is 17.0. The molecule has 4 nitrogen and oxygen atoms in total. The quantitative estimate of drug-likeness (QED) is 0.459. The summed E-state index contributed by atoms with van der Waals surface area (Å²) in [5.41, 5.74) is 6.20. The summed E-state index contributed by atoms with van der Waals surface area (Å²) in [5, 5.41) is 3.96. The van der Waals surface area contributed by atoms with Gasteiger partial charge in [-0.05, 0) is 73.9 Å². The molecule has 4 heteroatoms. The van der Waals surface area contributed by atoms with E-state index in [4.69, 9.17) is 9.15 Å². The molecule has 1 aromatic heterocycles. The summed E-state index contributed by atoms with van der Waals surface area (Å²) >= 11 is 0. The van der Waals surface area contributed by atoms with Crippen molar-refractivity contribution in [3.63, 3.8) is 0 Å². The zero-order chi connectivity index (χ0) is 20.5. The number of fused-ring (bicyclic) bond motifs is 1. The summed E-state index contributed by atoms with van der Waals surface area (Å²) in [6, 6.07) is 19.3. The van der Waals surface area contributed by atoms with Crippen LogP contribution in [0.3, 0.4) is 0 Å². The molecule has 29 heavy (non-hydrogen) atoms. The highest BCUT2D eigenvalue weighted by Crippen LogP contribution is 2.28. The molecule has 0 saturated carbocycles. The van der Waals surface area contributed by atoms with Gasteiger partial charge < -0.3 is 14.5 Å². The number of ether oxygens (including phenoxy) is 1. The van der Waals surface area contributed by atoms with E-state index < -0.39 is 0 Å². The van der Waals surface area contributed by atoms with Gasteiger partial charge in [-0.3, -0.25) is 4.79 Å². The van der Waals surface area contributed by atoms with Crippen molar-refractivity contribution in [1.82, 2.24) is 0 Å². The van der Waals surface area contributed by atoms with E-state index in [1.807, 2.05) is 49.4 Å². The zero-order valence-corrected chi connectivity index (χ0v) is 17.0. The smallest absolute Gasteiger partial charge is 0.200 e. The lowest BCUT2D eigenvalue weighted by molar-refractivity contribution is 0.415. The molecule has 4 aromatic rings. The third kappa shape index (κ3) is 3.74. The van der Waals surface area contributed by atoms with E-state index in [-0.39, 0.29) is 5.43 Å². The highest BCUT2D eigenvalue weighted by molar-refractivity contribution is 5.86. The van der Waals surface area contributed by atoms with Gasteiger partial charge in [0.1, 0.15) is 17.1 Å². The number of anilines is 2. The fraction of sp³-hybridized carbons (Fsp3) is 0.160. The van der Waals surface area contributed by atoms with Gasteiger partial charge >= 0.3 is 0 Å². The first-order valence-corrected chi connectivity index (χ1v) is 9.52. The van der Waals surface area contributed by atoms with E-state index in [1.165, 1.54) is 11.1 Å². The van der Waals surface area contributed by atoms with Crippen molar-refractivity contribution in [2.75, 3.05) is 12.4 Å². The number of rotatable bonds is 4. The molecular weight excluding hydrogens is 362 g/mol. The summed E-state index contributed by atoms with van der Waals surface area (Å²) in [4.78, 5) is 13.2. The van der Waals surface area contributed by atoms with Gasteiger partial charge in [0.05, 0.1) is 18.1 Å². The second-order valence-corrected chi connectivity index (χ2v) is 7.30. The van der Waals surface area contributed by atoms with Gasteiger partial charge in [0.25, 0.3) is 0 Å². The van der Waals surface area contributed by atoms with Crippen molar-refractivity contribution in [1.29, 1.82) is 0 Å². The molecule has 0 amide bonds. The minimum absolute atomic E-state index is 0.0353. The Labute approximate surface area is 169 Å². The van der Waals surface area contributed by atoms with Crippen LogP contribution in [-0.4, -0.2) is 7.11 Å². The van der Waals surface area contributed by atoms with E-state index in [2.05, 4.69) is 37.4 Å². The van der Waals surface area contributed by atoms with Crippen LogP contribution in [0.4, 0.5) is 11.4 Å². The number of hydrogen-bond donors (Lipinski definition) is 1. The van der Waals surface area contributed by atoms with Gasteiger partial charge in [-0.15, -0.1) is 0 Å². The van der Waals surface area contributed by atoms with Crippen LogP contribution < -0.4 is 15.5 Å². The van der Waals surface area contributed by atoms with E-state index in [0.29, 0.717) is 22.3 Å². The first-order chi connectivity index (χ1) is 13.9. The largest absolute Gasteiger partial charge is 0.497 e. The highest BCUT2D eigenvalue weighted by Gasteiger charge is 2.14. The third-order valence-corrected chi connectivity index (χ3v) is 4.96. The van der Waals surface area contributed by atoms with Crippen molar-refractivity contribution < 1.29 is 9.15 Å². The Bertz CT molecular complexity index is 1230. The summed E-state index contributed by atoms with van der Waals surface area (Å²) < 4.78 is 11.2. The maximum atomic E-state index is 13.2. The van der Waals surface area contributed by atoms with E-state index in [9.17, 15) is 4.79 Å². The number of nitrogens with one attached hydrogen (secondary N) is 1. The molecule has 3 aromatic carbocycles. The van der Waals surface area contributed by atoms with Crippen molar-refractivity contribution in [3.8, 4) is 16.9 Å². The van der Waals surface area contributed by atoms with Gasteiger partial charge in [-0.25, -0.2) is 0 Å². The summed E-state index contributed by atoms with van der Waals surface area (Å²) in [6.45, 7) is 5.97. The van der Waals surface area contributed by atoms with E-state index in [1.54, 1.807) is 7.11 Å². The summed E-state index contributed by atoms with van der Waals surface area (Å²) in [6.07, 6.45) is 0. The van der Waals surface area contributed by atoms with Gasteiger partial charge in [0.2, 0.25) is 5.43 Å². The Kier molecular flexibility index (Phi) is 4.85. The molecule has 0 radical (unpaired) electrons. The Morgan fingerprint density at radius 3 is 2.17 bits per heavy atom. The van der Waals surface area contributed by atoms with Crippen LogP contribution in [0.1, 0.15) is 16.9 Å². The molecule has 4 rings (SSSR count). The number of aryl methyl sites for hydroxylation is 3. The van der Waals surface area contributed by atoms with Crippen LogP contribution in [0.25, 0.3) is 22.1 Å². The lowest BCUT2D eigenvalue weighted by atomic mass is 10.0. The topological polar surface area (TPSA) is 51.5 Å². The predicted octanol–water partition coefficient (Wildman–Crippen LogP) is 6.14. The fourth-order valence-corrected chi connectivity index (χ4v) is 3.69. The molecule has 0 aliphatic rings. The number of methoxy groups -OCH3 is 1. The predicted molar refractivity (Wildman–Crippen MR) is 118 cm³/mol. The fourth-order valence-electron chi connectivity index (χ4n) is 3.69. The Morgan fingerprint density at radius 2 is 1.52 bits per heavy atom. The molecular formula is C25H23NO3. The molecule has 0 saturated heterocycles. The Hall–Kier alpha value is -3.53. The Balaban J connectivity index is 1.75.